The molecule has 9 nitrogen and oxygen atoms in total. The molecule has 12 heteroatoms. The van der Waals surface area contributed by atoms with Gasteiger partial charge in [-0.25, -0.2) is 19.1 Å². The van der Waals surface area contributed by atoms with E-state index in [0.717, 1.165) is 29.1 Å². The zero-order chi connectivity index (χ0) is 28.7. The number of aromatic amines is 1. The van der Waals surface area contributed by atoms with Gasteiger partial charge in [0.2, 0.25) is 0 Å². The molecule has 0 saturated carbocycles. The predicted molar refractivity (Wildman–Crippen MR) is 152 cm³/mol. The van der Waals surface area contributed by atoms with E-state index in [-0.39, 0.29) is 16.7 Å². The molecule has 0 aliphatic carbocycles. The first-order chi connectivity index (χ1) is 19.7. The van der Waals surface area contributed by atoms with Crippen LogP contribution in [-0.4, -0.2) is 34.3 Å². The van der Waals surface area contributed by atoms with Gasteiger partial charge in [0.15, 0.2) is 10.5 Å². The average Bonchev–Trinajstić information content (AvgIpc) is 2.97. The number of halogens is 2. The maximum absolute atomic E-state index is 13.2. The van der Waals surface area contributed by atoms with E-state index in [1.807, 2.05) is 47.2 Å². The maximum Gasteiger partial charge on any atom is 0.281 e. The molecule has 0 saturated heterocycles. The van der Waals surface area contributed by atoms with E-state index in [1.165, 1.54) is 0 Å². The first kappa shape index (κ1) is 26.2. The van der Waals surface area contributed by atoms with E-state index in [4.69, 9.17) is 16.6 Å². The van der Waals surface area contributed by atoms with Crippen molar-refractivity contribution in [1.82, 2.24) is 24.7 Å². The SMILES string of the molecule is O=C(NS(=O)(=O)c1ccc(F)cn1)c1cc(=O)c2cc(-c3cc(Cl)c4ncccc4c3)c(-c3ccccc3)nc2[nH]1. The molecule has 1 amide bonds. The van der Waals surface area contributed by atoms with Crippen LogP contribution in [0, 0.1) is 5.82 Å². The Hall–Kier alpha value is -5.00. The number of pyridine rings is 4. The van der Waals surface area contributed by atoms with Gasteiger partial charge in [-0.2, -0.15) is 8.42 Å². The van der Waals surface area contributed by atoms with E-state index < -0.39 is 32.2 Å². The fraction of sp³-hybridized carbons (Fsp3) is 0. The van der Waals surface area contributed by atoms with Crippen LogP contribution >= 0.6 is 11.6 Å². The lowest BCUT2D eigenvalue weighted by atomic mass is 9.96. The molecule has 0 spiro atoms. The molecule has 2 N–H and O–H groups in total. The quantitative estimate of drug-likeness (QED) is 0.287. The van der Waals surface area contributed by atoms with Crippen molar-refractivity contribution < 1.29 is 17.6 Å². The van der Waals surface area contributed by atoms with Gasteiger partial charge >= 0.3 is 0 Å². The van der Waals surface area contributed by atoms with Gasteiger partial charge in [-0.15, -0.1) is 0 Å². The van der Waals surface area contributed by atoms with E-state index in [2.05, 4.69) is 15.0 Å². The van der Waals surface area contributed by atoms with Crippen LogP contribution in [0.2, 0.25) is 5.02 Å². The number of benzene rings is 2. The van der Waals surface area contributed by atoms with E-state index >= 15 is 0 Å². The minimum atomic E-state index is -4.44. The number of carbonyl (C=O) groups is 1. The summed E-state index contributed by atoms with van der Waals surface area (Å²) in [7, 11) is -4.44. The summed E-state index contributed by atoms with van der Waals surface area (Å²) < 4.78 is 40.2. The second-order valence-corrected chi connectivity index (χ2v) is 11.0. The van der Waals surface area contributed by atoms with Crippen molar-refractivity contribution in [2.75, 3.05) is 0 Å². The Balaban J connectivity index is 1.49. The maximum atomic E-state index is 13.2. The molecule has 0 unspecified atom stereocenters. The van der Waals surface area contributed by atoms with Crippen LogP contribution in [0.4, 0.5) is 4.39 Å². The van der Waals surface area contributed by atoms with Gasteiger partial charge in [-0.05, 0) is 42.0 Å². The predicted octanol–water partition coefficient (Wildman–Crippen LogP) is 5.11. The Bertz CT molecular complexity index is 2160. The molecule has 0 radical (unpaired) electrons. The molecule has 4 aromatic heterocycles. The van der Waals surface area contributed by atoms with Gasteiger partial charge in [-0.3, -0.25) is 14.6 Å². The van der Waals surface area contributed by atoms with Crippen molar-refractivity contribution in [3.63, 3.8) is 0 Å². The Labute approximate surface area is 236 Å². The Morgan fingerprint density at radius 2 is 1.73 bits per heavy atom. The molecular weight excluding hydrogens is 569 g/mol. The molecule has 0 bridgehead atoms. The molecule has 202 valence electrons. The number of rotatable bonds is 5. The van der Waals surface area contributed by atoms with E-state index in [0.29, 0.717) is 33.6 Å². The minimum absolute atomic E-state index is 0.0658. The van der Waals surface area contributed by atoms with Gasteiger partial charge in [0.25, 0.3) is 15.9 Å². The monoisotopic (exact) mass is 585 g/mol. The lowest BCUT2D eigenvalue weighted by Gasteiger charge is -2.13. The van der Waals surface area contributed by atoms with Crippen LogP contribution in [-0.2, 0) is 10.0 Å². The number of fused-ring (bicyclic) bond motifs is 2. The van der Waals surface area contributed by atoms with Crippen LogP contribution in [0.25, 0.3) is 44.3 Å². The second kappa shape index (κ2) is 10.2. The number of aromatic nitrogens is 4. The smallest absolute Gasteiger partial charge is 0.281 e. The Morgan fingerprint density at radius 1 is 0.927 bits per heavy atom. The molecular formula is C29H17ClFN5O4S. The highest BCUT2D eigenvalue weighted by Gasteiger charge is 2.22. The first-order valence-electron chi connectivity index (χ1n) is 12.1. The normalized spacial score (nSPS) is 11.6. The highest BCUT2D eigenvalue weighted by atomic mass is 35.5. The second-order valence-electron chi connectivity index (χ2n) is 8.98. The molecule has 0 aliphatic rings. The molecule has 0 fully saturated rings. The summed E-state index contributed by atoms with van der Waals surface area (Å²) in [4.78, 5) is 41.4. The summed E-state index contributed by atoms with van der Waals surface area (Å²) in [5.41, 5.74) is 2.33. The molecule has 0 atom stereocenters. The lowest BCUT2D eigenvalue weighted by molar-refractivity contribution is 0.0976. The fourth-order valence-corrected chi connectivity index (χ4v) is 5.55. The van der Waals surface area contributed by atoms with E-state index in [1.54, 1.807) is 24.4 Å². The summed E-state index contributed by atoms with van der Waals surface area (Å²) in [5, 5.41) is 0.831. The minimum Gasteiger partial charge on any atom is -0.335 e. The van der Waals surface area contributed by atoms with Gasteiger partial charge < -0.3 is 4.98 Å². The summed E-state index contributed by atoms with van der Waals surface area (Å²) >= 11 is 6.55. The van der Waals surface area contributed by atoms with Gasteiger partial charge in [-0.1, -0.05) is 48.0 Å². The summed E-state index contributed by atoms with van der Waals surface area (Å²) in [6.45, 7) is 0. The Morgan fingerprint density at radius 3 is 2.49 bits per heavy atom. The molecule has 2 aromatic carbocycles. The van der Waals surface area contributed by atoms with Gasteiger partial charge in [0, 0.05) is 28.8 Å². The van der Waals surface area contributed by atoms with Crippen molar-refractivity contribution >= 4 is 49.5 Å². The average molecular weight is 586 g/mol. The standard InChI is InChI=1S/C29H17ClFN5O4S/c30-22-12-18(11-17-7-4-10-32-27(17)22)20-13-21-24(37)14-23(34-28(21)35-26(20)16-5-2-1-3-6-16)29(38)36-41(39,40)25-9-8-19(31)15-33-25/h1-15H,(H,36,38)(H,34,35,37). The highest BCUT2D eigenvalue weighted by Crippen LogP contribution is 2.36. The number of carbonyl (C=O) groups excluding carboxylic acids is 1. The number of hydrogen-bond acceptors (Lipinski definition) is 7. The van der Waals surface area contributed by atoms with Crippen molar-refractivity contribution in [3.8, 4) is 22.4 Å². The van der Waals surface area contributed by atoms with Crippen LogP contribution in [0.1, 0.15) is 10.5 Å². The third kappa shape index (κ3) is 5.04. The third-order valence-corrected chi connectivity index (χ3v) is 7.81. The fourth-order valence-electron chi connectivity index (χ4n) is 4.38. The number of sulfonamides is 1. The van der Waals surface area contributed by atoms with Crippen molar-refractivity contribution in [2.45, 2.75) is 5.03 Å². The number of amides is 1. The van der Waals surface area contributed by atoms with Crippen LogP contribution in [0.15, 0.2) is 101 Å². The van der Waals surface area contributed by atoms with Crippen LogP contribution < -0.4 is 10.2 Å². The Kier molecular flexibility index (Phi) is 6.52. The van der Waals surface area contributed by atoms with E-state index in [9.17, 15) is 22.4 Å². The zero-order valence-electron chi connectivity index (χ0n) is 20.8. The zero-order valence-corrected chi connectivity index (χ0v) is 22.4. The molecule has 6 aromatic rings. The third-order valence-electron chi connectivity index (χ3n) is 6.28. The number of H-pyrrole nitrogens is 1. The van der Waals surface area contributed by atoms with Gasteiger partial charge in [0.1, 0.15) is 17.2 Å². The first-order valence-corrected chi connectivity index (χ1v) is 13.9. The molecule has 0 aliphatic heterocycles. The van der Waals surface area contributed by atoms with Crippen molar-refractivity contribution in [1.29, 1.82) is 0 Å². The molecule has 6 rings (SSSR count). The highest BCUT2D eigenvalue weighted by molar-refractivity contribution is 7.90. The summed E-state index contributed by atoms with van der Waals surface area (Å²) in [5.74, 6) is -1.85. The van der Waals surface area contributed by atoms with Crippen molar-refractivity contribution in [2.24, 2.45) is 0 Å². The topological polar surface area (TPSA) is 135 Å². The van der Waals surface area contributed by atoms with Crippen molar-refractivity contribution in [3.05, 3.63) is 118 Å². The number of hydrogen-bond donors (Lipinski definition) is 2. The molecule has 41 heavy (non-hydrogen) atoms. The van der Waals surface area contributed by atoms with Crippen LogP contribution in [0.5, 0.6) is 0 Å². The largest absolute Gasteiger partial charge is 0.335 e. The number of nitrogens with one attached hydrogen (secondary N) is 2. The summed E-state index contributed by atoms with van der Waals surface area (Å²) in [6.07, 6.45) is 2.36. The van der Waals surface area contributed by atoms with Gasteiger partial charge in [0.05, 0.1) is 27.8 Å². The summed E-state index contributed by atoms with van der Waals surface area (Å²) in [6, 6.07) is 21.0. The van der Waals surface area contributed by atoms with Crippen LogP contribution in [0.3, 0.4) is 0 Å². The molecule has 4 heterocycles. The lowest BCUT2D eigenvalue weighted by Crippen LogP contribution is -2.32. The number of nitrogens with zero attached hydrogens (tertiary/aromatic N) is 3.